The predicted octanol–water partition coefficient (Wildman–Crippen LogP) is 3.12. The summed E-state index contributed by atoms with van der Waals surface area (Å²) in [6, 6.07) is 7.40. The Labute approximate surface area is 143 Å². The first-order valence-corrected chi connectivity index (χ1v) is 10.1. The van der Waals surface area contributed by atoms with Crippen molar-refractivity contribution in [3.05, 3.63) is 34.9 Å². The van der Waals surface area contributed by atoms with Gasteiger partial charge in [-0.1, -0.05) is 37.6 Å². The van der Waals surface area contributed by atoms with Gasteiger partial charge in [-0.25, -0.2) is 8.42 Å². The Morgan fingerprint density at radius 3 is 2.39 bits per heavy atom. The van der Waals surface area contributed by atoms with Gasteiger partial charge in [0.2, 0.25) is 5.91 Å². The standard InChI is InChI=1S/C17H24ClNO3S/c1-12(2)16(13-4-6-14(18)7-5-13)10-17(20)19(3)15-8-9-23(21,22)11-15/h4-7,12,15-16H,8-11H2,1-3H3. The lowest BCUT2D eigenvalue weighted by atomic mass is 9.85. The van der Waals surface area contributed by atoms with Gasteiger partial charge < -0.3 is 4.90 Å². The Morgan fingerprint density at radius 2 is 1.91 bits per heavy atom. The fourth-order valence-corrected chi connectivity index (χ4v) is 4.97. The molecule has 0 N–H and O–H groups in total. The summed E-state index contributed by atoms with van der Waals surface area (Å²) in [6.45, 7) is 4.18. The van der Waals surface area contributed by atoms with Crippen molar-refractivity contribution in [1.29, 1.82) is 0 Å². The average molecular weight is 358 g/mol. The Hall–Kier alpha value is -1.07. The zero-order valence-corrected chi connectivity index (χ0v) is 15.4. The second-order valence-corrected chi connectivity index (χ2v) is 9.33. The molecule has 0 radical (unpaired) electrons. The van der Waals surface area contributed by atoms with Crippen molar-refractivity contribution >= 4 is 27.3 Å². The van der Waals surface area contributed by atoms with E-state index < -0.39 is 9.84 Å². The minimum Gasteiger partial charge on any atom is -0.342 e. The summed E-state index contributed by atoms with van der Waals surface area (Å²) in [5.41, 5.74) is 1.09. The van der Waals surface area contributed by atoms with Crippen molar-refractivity contribution in [2.24, 2.45) is 5.92 Å². The highest BCUT2D eigenvalue weighted by Gasteiger charge is 2.33. The average Bonchev–Trinajstić information content (AvgIpc) is 2.84. The molecule has 128 valence electrons. The number of carbonyl (C=O) groups is 1. The Morgan fingerprint density at radius 1 is 1.30 bits per heavy atom. The Bertz CT molecular complexity index is 655. The number of amides is 1. The highest BCUT2D eigenvalue weighted by Crippen LogP contribution is 2.30. The van der Waals surface area contributed by atoms with Crippen molar-refractivity contribution in [1.82, 2.24) is 4.90 Å². The van der Waals surface area contributed by atoms with E-state index in [-0.39, 0.29) is 29.4 Å². The molecule has 0 saturated carbocycles. The fraction of sp³-hybridized carbons (Fsp3) is 0.588. The van der Waals surface area contributed by atoms with Gasteiger partial charge in [-0.05, 0) is 36.0 Å². The van der Waals surface area contributed by atoms with Crippen LogP contribution in [0.15, 0.2) is 24.3 Å². The van der Waals surface area contributed by atoms with Crippen molar-refractivity contribution in [3.63, 3.8) is 0 Å². The molecule has 23 heavy (non-hydrogen) atoms. The van der Waals surface area contributed by atoms with Gasteiger partial charge in [0.25, 0.3) is 0 Å². The lowest BCUT2D eigenvalue weighted by molar-refractivity contribution is -0.132. The third-order valence-electron chi connectivity index (χ3n) is 4.65. The van der Waals surface area contributed by atoms with E-state index in [1.165, 1.54) is 0 Å². The van der Waals surface area contributed by atoms with Crippen LogP contribution in [0, 0.1) is 5.92 Å². The molecule has 2 unspecified atom stereocenters. The maximum absolute atomic E-state index is 12.6. The molecule has 1 heterocycles. The molecule has 2 atom stereocenters. The van der Waals surface area contributed by atoms with E-state index in [0.717, 1.165) is 5.56 Å². The summed E-state index contributed by atoms with van der Waals surface area (Å²) in [7, 11) is -1.27. The van der Waals surface area contributed by atoms with Crippen molar-refractivity contribution in [2.75, 3.05) is 18.6 Å². The molecule has 6 heteroatoms. The van der Waals surface area contributed by atoms with Crippen LogP contribution in [0.2, 0.25) is 5.02 Å². The van der Waals surface area contributed by atoms with Gasteiger partial charge >= 0.3 is 0 Å². The first kappa shape index (κ1) is 18.3. The molecule has 1 fully saturated rings. The molecule has 4 nitrogen and oxygen atoms in total. The van der Waals surface area contributed by atoms with Crippen LogP contribution < -0.4 is 0 Å². The molecule has 1 aromatic rings. The van der Waals surface area contributed by atoms with E-state index in [9.17, 15) is 13.2 Å². The first-order valence-electron chi connectivity index (χ1n) is 7.91. The van der Waals surface area contributed by atoms with Crippen LogP contribution in [0.1, 0.15) is 38.2 Å². The van der Waals surface area contributed by atoms with Crippen LogP contribution in [0.25, 0.3) is 0 Å². The number of halogens is 1. The van der Waals surface area contributed by atoms with E-state index in [1.807, 2.05) is 24.3 Å². The molecular formula is C17H24ClNO3S. The van der Waals surface area contributed by atoms with Crippen molar-refractivity contribution < 1.29 is 13.2 Å². The van der Waals surface area contributed by atoms with E-state index in [4.69, 9.17) is 11.6 Å². The van der Waals surface area contributed by atoms with Crippen LogP contribution in [0.3, 0.4) is 0 Å². The number of nitrogens with zero attached hydrogens (tertiary/aromatic N) is 1. The molecule has 1 saturated heterocycles. The maximum Gasteiger partial charge on any atom is 0.223 e. The summed E-state index contributed by atoms with van der Waals surface area (Å²) in [5, 5.41) is 0.677. The summed E-state index contributed by atoms with van der Waals surface area (Å²) in [6.07, 6.45) is 0.921. The van der Waals surface area contributed by atoms with Crippen LogP contribution in [0.4, 0.5) is 0 Å². The smallest absolute Gasteiger partial charge is 0.223 e. The Kier molecular flexibility index (Phi) is 5.74. The lowest BCUT2D eigenvalue weighted by Crippen LogP contribution is -2.38. The maximum atomic E-state index is 12.6. The number of hydrogen-bond acceptors (Lipinski definition) is 3. The molecule has 1 aliphatic rings. The SMILES string of the molecule is CC(C)C(CC(=O)N(C)C1CCS(=O)(=O)C1)c1ccc(Cl)cc1. The highest BCUT2D eigenvalue weighted by atomic mass is 35.5. The van der Waals surface area contributed by atoms with Gasteiger partial charge in [0.1, 0.15) is 0 Å². The second kappa shape index (κ2) is 7.22. The highest BCUT2D eigenvalue weighted by molar-refractivity contribution is 7.91. The molecule has 2 rings (SSSR count). The predicted molar refractivity (Wildman–Crippen MR) is 93.5 cm³/mol. The molecule has 1 aliphatic heterocycles. The monoisotopic (exact) mass is 357 g/mol. The zero-order chi connectivity index (χ0) is 17.2. The third kappa shape index (κ3) is 4.70. The van der Waals surface area contributed by atoms with Gasteiger partial charge in [0.15, 0.2) is 9.84 Å². The second-order valence-electron chi connectivity index (χ2n) is 6.67. The van der Waals surface area contributed by atoms with E-state index in [2.05, 4.69) is 13.8 Å². The number of hydrogen-bond donors (Lipinski definition) is 0. The summed E-state index contributed by atoms with van der Waals surface area (Å²) >= 11 is 5.93. The van der Waals surface area contributed by atoms with Gasteiger partial charge in [-0.3, -0.25) is 4.79 Å². The summed E-state index contributed by atoms with van der Waals surface area (Å²) in [4.78, 5) is 14.2. The number of benzene rings is 1. The molecule has 0 spiro atoms. The topological polar surface area (TPSA) is 54.5 Å². The number of sulfone groups is 1. The quantitative estimate of drug-likeness (QED) is 0.813. The van der Waals surface area contributed by atoms with Crippen LogP contribution in [-0.4, -0.2) is 43.8 Å². The van der Waals surface area contributed by atoms with Crippen LogP contribution >= 0.6 is 11.6 Å². The van der Waals surface area contributed by atoms with Gasteiger partial charge in [0, 0.05) is 24.5 Å². The lowest BCUT2D eigenvalue weighted by Gasteiger charge is -2.27. The largest absolute Gasteiger partial charge is 0.342 e. The van der Waals surface area contributed by atoms with Gasteiger partial charge in [-0.15, -0.1) is 0 Å². The molecular weight excluding hydrogens is 334 g/mol. The summed E-state index contributed by atoms with van der Waals surface area (Å²) < 4.78 is 23.2. The fourth-order valence-electron chi connectivity index (χ4n) is 3.07. The van der Waals surface area contributed by atoms with Crippen molar-refractivity contribution in [3.8, 4) is 0 Å². The van der Waals surface area contributed by atoms with E-state index in [1.54, 1.807) is 11.9 Å². The number of rotatable bonds is 5. The zero-order valence-electron chi connectivity index (χ0n) is 13.8. The van der Waals surface area contributed by atoms with Crippen molar-refractivity contribution in [2.45, 2.75) is 38.6 Å². The Balaban J connectivity index is 2.07. The normalized spacial score (nSPS) is 21.3. The van der Waals surface area contributed by atoms with E-state index in [0.29, 0.717) is 23.8 Å². The van der Waals surface area contributed by atoms with Crippen LogP contribution in [0.5, 0.6) is 0 Å². The molecule has 1 amide bonds. The summed E-state index contributed by atoms with van der Waals surface area (Å²) in [5.74, 6) is 0.671. The molecule has 1 aromatic carbocycles. The first-order chi connectivity index (χ1) is 10.7. The van der Waals surface area contributed by atoms with Gasteiger partial charge in [-0.2, -0.15) is 0 Å². The van der Waals surface area contributed by atoms with Crippen LogP contribution in [-0.2, 0) is 14.6 Å². The molecule has 0 aliphatic carbocycles. The van der Waals surface area contributed by atoms with Gasteiger partial charge in [0.05, 0.1) is 11.5 Å². The third-order valence-corrected chi connectivity index (χ3v) is 6.65. The van der Waals surface area contributed by atoms with E-state index >= 15 is 0 Å². The number of carbonyl (C=O) groups excluding carboxylic acids is 1. The minimum atomic E-state index is -2.98. The minimum absolute atomic E-state index is 0.000694. The molecule has 0 bridgehead atoms. The molecule has 0 aromatic heterocycles.